The summed E-state index contributed by atoms with van der Waals surface area (Å²) in [6.07, 6.45) is 1.53. The minimum atomic E-state index is -0.415. The van der Waals surface area contributed by atoms with Crippen molar-refractivity contribution in [2.45, 2.75) is 39.2 Å². The van der Waals surface area contributed by atoms with Gasteiger partial charge in [0, 0.05) is 18.8 Å². The van der Waals surface area contributed by atoms with E-state index < -0.39 is 5.60 Å². The van der Waals surface area contributed by atoms with E-state index in [2.05, 4.69) is 0 Å². The predicted molar refractivity (Wildman–Crippen MR) is 61.7 cm³/mol. The molecule has 90 valence electrons. The van der Waals surface area contributed by atoms with Crippen molar-refractivity contribution in [1.82, 2.24) is 4.90 Å². The fourth-order valence-electron chi connectivity index (χ4n) is 2.59. The number of fused-ring (bicyclic) bond motifs is 1. The average molecular weight is 224 g/mol. The van der Waals surface area contributed by atoms with Gasteiger partial charge in [0.15, 0.2) is 0 Å². The molecule has 0 bridgehead atoms. The van der Waals surface area contributed by atoms with Crippen molar-refractivity contribution < 1.29 is 9.53 Å². The van der Waals surface area contributed by atoms with Gasteiger partial charge < -0.3 is 15.0 Å². The fraction of sp³-hybridized carbons (Fsp3) is 0.833. The summed E-state index contributed by atoms with van der Waals surface area (Å²) in [5.74, 6) is 1.00. The minimum Gasteiger partial charge on any atom is -0.444 e. The number of carbonyl (C=O) groups excluding carboxylic acids is 1. The number of amides is 1. The molecule has 1 saturated carbocycles. The zero-order chi connectivity index (χ0) is 11.9. The summed E-state index contributed by atoms with van der Waals surface area (Å²) in [5.41, 5.74) is 0.431. The highest BCUT2D eigenvalue weighted by molar-refractivity contribution is 5.84. The number of hydrogen-bond acceptors (Lipinski definition) is 3. The van der Waals surface area contributed by atoms with Crippen molar-refractivity contribution in [3.8, 4) is 0 Å². The van der Waals surface area contributed by atoms with Gasteiger partial charge in [0.1, 0.15) is 5.60 Å². The van der Waals surface area contributed by atoms with Gasteiger partial charge in [0.25, 0.3) is 0 Å². The smallest absolute Gasteiger partial charge is 0.410 e. The van der Waals surface area contributed by atoms with Crippen LogP contribution in [0.25, 0.3) is 0 Å². The molecule has 1 aliphatic heterocycles. The minimum absolute atomic E-state index is 0.201. The molecule has 2 rings (SSSR count). The Kier molecular flexibility index (Phi) is 2.68. The van der Waals surface area contributed by atoms with Crippen molar-refractivity contribution in [2.24, 2.45) is 11.8 Å². The molecule has 0 aromatic heterocycles. The molecule has 1 saturated heterocycles. The molecular weight excluding hydrogens is 204 g/mol. The molecular formula is C12H20N2O2. The van der Waals surface area contributed by atoms with E-state index in [0.29, 0.717) is 11.8 Å². The summed E-state index contributed by atoms with van der Waals surface area (Å²) in [4.78, 5) is 13.6. The summed E-state index contributed by atoms with van der Waals surface area (Å²) in [5, 5.41) is 7.63. The highest BCUT2D eigenvalue weighted by Gasteiger charge is 2.41. The van der Waals surface area contributed by atoms with Crippen LogP contribution in [0.3, 0.4) is 0 Å². The van der Waals surface area contributed by atoms with Crippen LogP contribution in [0.2, 0.25) is 0 Å². The maximum atomic E-state index is 11.8. The first kappa shape index (κ1) is 11.4. The maximum absolute atomic E-state index is 11.8. The van der Waals surface area contributed by atoms with Crippen LogP contribution in [0, 0.1) is 17.2 Å². The third kappa shape index (κ3) is 2.36. The van der Waals surface area contributed by atoms with Crippen molar-refractivity contribution >= 4 is 11.8 Å². The van der Waals surface area contributed by atoms with Gasteiger partial charge in [0.05, 0.1) is 0 Å². The van der Waals surface area contributed by atoms with Crippen molar-refractivity contribution in [2.75, 3.05) is 13.1 Å². The summed E-state index contributed by atoms with van der Waals surface area (Å²) in [6.45, 7) is 7.19. The van der Waals surface area contributed by atoms with Crippen LogP contribution in [0.5, 0.6) is 0 Å². The molecule has 2 unspecified atom stereocenters. The largest absolute Gasteiger partial charge is 0.444 e. The monoisotopic (exact) mass is 224 g/mol. The van der Waals surface area contributed by atoms with Gasteiger partial charge in [0.2, 0.25) is 0 Å². The predicted octanol–water partition coefficient (Wildman–Crippen LogP) is 2.28. The van der Waals surface area contributed by atoms with Gasteiger partial charge in [-0.15, -0.1) is 0 Å². The second kappa shape index (κ2) is 3.75. The van der Waals surface area contributed by atoms with Gasteiger partial charge in [-0.2, -0.15) is 0 Å². The Morgan fingerprint density at radius 3 is 2.25 bits per heavy atom. The van der Waals surface area contributed by atoms with E-state index in [4.69, 9.17) is 10.1 Å². The van der Waals surface area contributed by atoms with Crippen molar-refractivity contribution in [3.63, 3.8) is 0 Å². The van der Waals surface area contributed by atoms with Crippen LogP contribution < -0.4 is 0 Å². The molecule has 2 fully saturated rings. The van der Waals surface area contributed by atoms with Crippen molar-refractivity contribution in [1.29, 1.82) is 5.41 Å². The van der Waals surface area contributed by atoms with Crippen LogP contribution in [0.1, 0.15) is 33.6 Å². The lowest BCUT2D eigenvalue weighted by Gasteiger charge is -2.24. The maximum Gasteiger partial charge on any atom is 0.410 e. The van der Waals surface area contributed by atoms with E-state index in [9.17, 15) is 4.79 Å². The molecule has 1 aliphatic carbocycles. The lowest BCUT2D eigenvalue weighted by Crippen LogP contribution is -2.36. The lowest BCUT2D eigenvalue weighted by atomic mass is 10.0. The number of nitrogens with zero attached hydrogens (tertiary/aromatic N) is 1. The highest BCUT2D eigenvalue weighted by Crippen LogP contribution is 2.36. The molecule has 16 heavy (non-hydrogen) atoms. The number of hydrogen-bond donors (Lipinski definition) is 1. The second-order valence-electron chi connectivity index (χ2n) is 5.92. The summed E-state index contributed by atoms with van der Waals surface area (Å²) >= 11 is 0. The molecule has 0 aromatic carbocycles. The Morgan fingerprint density at radius 1 is 1.31 bits per heavy atom. The van der Waals surface area contributed by atoms with Crippen LogP contribution in [-0.2, 0) is 4.74 Å². The van der Waals surface area contributed by atoms with Gasteiger partial charge in [-0.1, -0.05) is 0 Å². The Balaban J connectivity index is 1.90. The van der Waals surface area contributed by atoms with Crippen LogP contribution in [0.15, 0.2) is 0 Å². The third-order valence-electron chi connectivity index (χ3n) is 3.25. The topological polar surface area (TPSA) is 53.4 Å². The molecule has 1 heterocycles. The lowest BCUT2D eigenvalue weighted by molar-refractivity contribution is 0.0283. The Labute approximate surface area is 96.5 Å². The standard InChI is InChI=1S/C12H20N2O2/c1-12(2,3)16-11(15)14-6-8-4-10(13)5-9(8)7-14/h8-9,13H,4-7H2,1-3H3. The zero-order valence-corrected chi connectivity index (χ0v) is 10.2. The molecule has 4 nitrogen and oxygen atoms in total. The van der Waals surface area contributed by atoms with Gasteiger partial charge in [-0.25, -0.2) is 4.79 Å². The first-order valence-corrected chi connectivity index (χ1v) is 5.89. The van der Waals surface area contributed by atoms with Gasteiger partial charge >= 0.3 is 6.09 Å². The first-order valence-electron chi connectivity index (χ1n) is 5.89. The van der Waals surface area contributed by atoms with Crippen LogP contribution >= 0.6 is 0 Å². The SMILES string of the molecule is CC(C)(C)OC(=O)N1CC2CC(=N)CC2C1. The van der Waals surface area contributed by atoms with Gasteiger partial charge in [-0.3, -0.25) is 0 Å². The van der Waals surface area contributed by atoms with E-state index in [1.807, 2.05) is 20.8 Å². The Hall–Kier alpha value is -1.06. The molecule has 0 aromatic rings. The Morgan fingerprint density at radius 2 is 1.81 bits per heavy atom. The second-order valence-corrected chi connectivity index (χ2v) is 5.92. The number of nitrogens with one attached hydrogen (secondary N) is 1. The van der Waals surface area contributed by atoms with Gasteiger partial charge in [-0.05, 0) is 45.4 Å². The molecule has 2 atom stereocenters. The fourth-order valence-corrected chi connectivity index (χ4v) is 2.59. The van der Waals surface area contributed by atoms with Crippen LogP contribution in [0.4, 0.5) is 4.79 Å². The molecule has 2 aliphatic rings. The van der Waals surface area contributed by atoms with Crippen LogP contribution in [-0.4, -0.2) is 35.4 Å². The summed E-state index contributed by atoms with van der Waals surface area (Å²) in [7, 11) is 0. The van der Waals surface area contributed by atoms with E-state index in [0.717, 1.165) is 31.6 Å². The molecule has 0 spiro atoms. The first-order chi connectivity index (χ1) is 7.35. The molecule has 1 amide bonds. The van der Waals surface area contributed by atoms with E-state index >= 15 is 0 Å². The van der Waals surface area contributed by atoms with E-state index in [1.54, 1.807) is 4.90 Å². The number of carbonyl (C=O) groups is 1. The number of likely N-dealkylation sites (tertiary alicyclic amines) is 1. The van der Waals surface area contributed by atoms with E-state index in [-0.39, 0.29) is 6.09 Å². The quantitative estimate of drug-likeness (QED) is 0.686. The molecule has 1 N–H and O–H groups in total. The van der Waals surface area contributed by atoms with Crippen molar-refractivity contribution in [3.05, 3.63) is 0 Å². The summed E-state index contributed by atoms with van der Waals surface area (Å²) in [6, 6.07) is 0. The number of rotatable bonds is 0. The Bertz CT molecular complexity index is 303. The molecule has 0 radical (unpaired) electrons. The highest BCUT2D eigenvalue weighted by atomic mass is 16.6. The van der Waals surface area contributed by atoms with E-state index in [1.165, 1.54) is 0 Å². The average Bonchev–Trinajstić information content (AvgIpc) is 2.56. The third-order valence-corrected chi connectivity index (χ3v) is 3.25. The zero-order valence-electron chi connectivity index (χ0n) is 10.2. The normalized spacial score (nSPS) is 29.4. The molecule has 4 heteroatoms. The number of ether oxygens (including phenoxy) is 1. The summed E-state index contributed by atoms with van der Waals surface area (Å²) < 4.78 is 5.35.